The Hall–Kier alpha value is -4.11. The predicted molar refractivity (Wildman–Crippen MR) is 123 cm³/mol. The number of thiazole rings is 1. The van der Waals surface area contributed by atoms with E-state index in [1.54, 1.807) is 30.3 Å². The number of amides is 1. The predicted octanol–water partition coefficient (Wildman–Crippen LogP) is 4.53. The van der Waals surface area contributed by atoms with Gasteiger partial charge in [-0.25, -0.2) is 4.98 Å². The van der Waals surface area contributed by atoms with Gasteiger partial charge in [-0.05, 0) is 42.5 Å². The van der Waals surface area contributed by atoms with Crippen LogP contribution >= 0.6 is 11.3 Å². The number of ether oxygens (including phenoxy) is 2. The van der Waals surface area contributed by atoms with Gasteiger partial charge in [-0.15, -0.1) is 0 Å². The van der Waals surface area contributed by atoms with E-state index in [9.17, 15) is 14.7 Å². The van der Waals surface area contributed by atoms with Crippen molar-refractivity contribution in [3.63, 3.8) is 0 Å². The summed E-state index contributed by atoms with van der Waals surface area (Å²) in [4.78, 5) is 32.3. The average Bonchev–Trinajstić information content (AvgIpc) is 3.56. The van der Waals surface area contributed by atoms with Crippen molar-refractivity contribution >= 4 is 44.1 Å². The fraction of sp³-hybridized carbons (Fsp3) is 0.125. The van der Waals surface area contributed by atoms with Crippen LogP contribution in [-0.2, 0) is 9.59 Å². The van der Waals surface area contributed by atoms with Gasteiger partial charge in [0.1, 0.15) is 29.1 Å². The molecule has 9 heteroatoms. The topological polar surface area (TPSA) is 102 Å². The van der Waals surface area contributed by atoms with Crippen molar-refractivity contribution in [1.29, 1.82) is 0 Å². The molecular weight excluding hydrogens is 444 g/mol. The van der Waals surface area contributed by atoms with Gasteiger partial charge in [-0.2, -0.15) is 0 Å². The second-order valence-electron chi connectivity index (χ2n) is 7.21. The highest BCUT2D eigenvalue weighted by Gasteiger charge is 2.49. The number of para-hydroxylation sites is 1. The van der Waals surface area contributed by atoms with Gasteiger partial charge in [0.05, 0.1) is 41.8 Å². The molecule has 3 heterocycles. The summed E-state index contributed by atoms with van der Waals surface area (Å²) in [6, 6.07) is 14.5. The first-order valence-electron chi connectivity index (χ1n) is 9.96. The number of nitrogens with zero attached hydrogens (tertiary/aromatic N) is 2. The van der Waals surface area contributed by atoms with Gasteiger partial charge < -0.3 is 19.0 Å². The Morgan fingerprint density at radius 3 is 2.61 bits per heavy atom. The van der Waals surface area contributed by atoms with E-state index < -0.39 is 23.5 Å². The summed E-state index contributed by atoms with van der Waals surface area (Å²) in [6.07, 6.45) is 1.44. The Morgan fingerprint density at radius 2 is 1.91 bits per heavy atom. The number of aromatic nitrogens is 1. The number of Topliss-reactive ketones (excluding diaryl/α,β-unsaturated/α-hetero) is 1. The maximum absolute atomic E-state index is 13.2. The molecule has 5 rings (SSSR count). The number of ketones is 1. The van der Waals surface area contributed by atoms with Crippen molar-refractivity contribution in [2.75, 3.05) is 19.1 Å². The fourth-order valence-corrected chi connectivity index (χ4v) is 4.85. The molecule has 0 bridgehead atoms. The third-order valence-electron chi connectivity index (χ3n) is 5.41. The Labute approximate surface area is 192 Å². The average molecular weight is 462 g/mol. The molecule has 1 amide bonds. The molecule has 1 aliphatic rings. The van der Waals surface area contributed by atoms with Gasteiger partial charge in [0.2, 0.25) is 0 Å². The lowest BCUT2D eigenvalue weighted by Crippen LogP contribution is -2.29. The molecular formula is C24H18N2O6S. The van der Waals surface area contributed by atoms with Gasteiger partial charge in [0.25, 0.3) is 5.78 Å². The monoisotopic (exact) mass is 462 g/mol. The van der Waals surface area contributed by atoms with Crippen LogP contribution in [0.1, 0.15) is 17.4 Å². The maximum Gasteiger partial charge on any atom is 0.302 e. The lowest BCUT2D eigenvalue weighted by molar-refractivity contribution is -0.132. The Balaban J connectivity index is 1.74. The molecule has 1 unspecified atom stereocenters. The number of aliphatic hydroxyl groups is 1. The fourth-order valence-electron chi connectivity index (χ4n) is 3.85. The number of anilines is 1. The lowest BCUT2D eigenvalue weighted by atomic mass is 9.98. The molecule has 0 saturated carbocycles. The van der Waals surface area contributed by atoms with E-state index in [0.29, 0.717) is 27.9 Å². The summed E-state index contributed by atoms with van der Waals surface area (Å²) in [6.45, 7) is 0. The van der Waals surface area contributed by atoms with Gasteiger partial charge in [-0.3, -0.25) is 14.5 Å². The first-order valence-corrected chi connectivity index (χ1v) is 10.8. The maximum atomic E-state index is 13.2. The highest BCUT2D eigenvalue weighted by atomic mass is 32.1. The van der Waals surface area contributed by atoms with E-state index in [-0.39, 0.29) is 11.1 Å². The number of fused-ring (bicyclic) bond motifs is 1. The molecule has 0 radical (unpaired) electrons. The molecule has 1 N–H and O–H groups in total. The van der Waals surface area contributed by atoms with Crippen LogP contribution in [0.4, 0.5) is 5.13 Å². The van der Waals surface area contributed by atoms with Gasteiger partial charge in [-0.1, -0.05) is 23.5 Å². The molecule has 4 aromatic rings. The van der Waals surface area contributed by atoms with Crippen LogP contribution in [0, 0.1) is 0 Å². The number of rotatable bonds is 5. The minimum absolute atomic E-state index is 0.124. The van der Waals surface area contributed by atoms with E-state index >= 15 is 0 Å². The SMILES string of the molecule is COc1ccc(OC)c(/C(O)=C2\C(=O)C(=O)N(c3nc4ccccc4s3)C2c2ccco2)c1. The summed E-state index contributed by atoms with van der Waals surface area (Å²) in [5, 5.41) is 11.6. The highest BCUT2D eigenvalue weighted by Crippen LogP contribution is 2.45. The standard InChI is InChI=1S/C24H18N2O6S/c1-30-13-9-10-16(31-2)14(12-13)21(27)19-20(17-7-5-11-32-17)26(23(29)22(19)28)24-25-15-6-3-4-8-18(15)33-24/h3-12,20,27H,1-2H3/b21-19+. The van der Waals surface area contributed by atoms with E-state index in [1.165, 1.54) is 36.7 Å². The lowest BCUT2D eigenvalue weighted by Gasteiger charge is -2.20. The van der Waals surface area contributed by atoms with Crippen molar-refractivity contribution in [3.05, 3.63) is 77.8 Å². The zero-order valence-electron chi connectivity index (χ0n) is 17.6. The number of hydrogen-bond acceptors (Lipinski definition) is 8. The number of hydrogen-bond donors (Lipinski definition) is 1. The molecule has 33 heavy (non-hydrogen) atoms. The smallest absolute Gasteiger partial charge is 0.302 e. The number of carbonyl (C=O) groups is 2. The molecule has 8 nitrogen and oxygen atoms in total. The molecule has 0 spiro atoms. The Morgan fingerprint density at radius 1 is 1.09 bits per heavy atom. The second kappa shape index (κ2) is 8.10. The molecule has 2 aromatic heterocycles. The van der Waals surface area contributed by atoms with E-state index in [1.807, 2.05) is 24.3 Å². The molecule has 1 saturated heterocycles. The first kappa shape index (κ1) is 20.8. The van der Waals surface area contributed by atoms with Crippen LogP contribution in [-0.4, -0.2) is 36.0 Å². The van der Waals surface area contributed by atoms with Crippen molar-refractivity contribution in [1.82, 2.24) is 4.98 Å². The van der Waals surface area contributed by atoms with Crippen LogP contribution in [0.25, 0.3) is 16.0 Å². The van der Waals surface area contributed by atoms with Crippen molar-refractivity contribution in [2.24, 2.45) is 0 Å². The minimum Gasteiger partial charge on any atom is -0.507 e. The van der Waals surface area contributed by atoms with Crippen LogP contribution in [0.3, 0.4) is 0 Å². The third-order valence-corrected chi connectivity index (χ3v) is 6.44. The number of carbonyl (C=O) groups excluding carboxylic acids is 2. The van der Waals surface area contributed by atoms with Gasteiger partial charge in [0, 0.05) is 0 Å². The number of methoxy groups -OCH3 is 2. The molecule has 1 aliphatic heterocycles. The quantitative estimate of drug-likeness (QED) is 0.264. The Bertz CT molecular complexity index is 1370. The van der Waals surface area contributed by atoms with Crippen molar-refractivity contribution in [3.8, 4) is 11.5 Å². The van der Waals surface area contributed by atoms with E-state index in [2.05, 4.69) is 4.98 Å². The van der Waals surface area contributed by atoms with Gasteiger partial charge >= 0.3 is 5.91 Å². The van der Waals surface area contributed by atoms with Gasteiger partial charge in [0.15, 0.2) is 5.13 Å². The zero-order valence-corrected chi connectivity index (χ0v) is 18.5. The molecule has 0 aliphatic carbocycles. The summed E-state index contributed by atoms with van der Waals surface area (Å²) < 4.78 is 17.1. The van der Waals surface area contributed by atoms with Crippen molar-refractivity contribution in [2.45, 2.75) is 6.04 Å². The molecule has 1 atom stereocenters. The number of benzene rings is 2. The zero-order chi connectivity index (χ0) is 23.1. The number of furan rings is 1. The van der Waals surface area contributed by atoms with Crippen LogP contribution in [0.15, 0.2) is 70.9 Å². The first-order chi connectivity index (χ1) is 16.0. The van der Waals surface area contributed by atoms with E-state index in [4.69, 9.17) is 13.9 Å². The summed E-state index contributed by atoms with van der Waals surface area (Å²) >= 11 is 1.28. The second-order valence-corrected chi connectivity index (χ2v) is 8.22. The van der Waals surface area contributed by atoms with E-state index in [0.717, 1.165) is 4.70 Å². The minimum atomic E-state index is -1.00. The summed E-state index contributed by atoms with van der Waals surface area (Å²) in [7, 11) is 2.93. The summed E-state index contributed by atoms with van der Waals surface area (Å²) in [5.41, 5.74) is 0.795. The van der Waals surface area contributed by atoms with Crippen LogP contribution in [0.2, 0.25) is 0 Å². The molecule has 166 valence electrons. The Kier molecular flexibility index (Phi) is 5.10. The number of aliphatic hydroxyl groups excluding tert-OH is 1. The molecule has 2 aromatic carbocycles. The third kappa shape index (κ3) is 3.33. The highest BCUT2D eigenvalue weighted by molar-refractivity contribution is 7.22. The molecule has 1 fully saturated rings. The normalized spacial score (nSPS) is 17.6. The van der Waals surface area contributed by atoms with Crippen LogP contribution < -0.4 is 14.4 Å². The van der Waals surface area contributed by atoms with Crippen LogP contribution in [0.5, 0.6) is 11.5 Å². The van der Waals surface area contributed by atoms with Crippen molar-refractivity contribution < 1.29 is 28.6 Å². The largest absolute Gasteiger partial charge is 0.507 e. The summed E-state index contributed by atoms with van der Waals surface area (Å²) in [5.74, 6) is -0.965.